The SMILES string of the molecule is [C-]#[N+]c1ccc(-c2nc(N3CCC(N)CC3)[nH]c(=O)c2C#CC2CC2)cc1F. The molecule has 0 bridgehead atoms. The maximum atomic E-state index is 14.2. The molecular formula is C21H20FN5O. The predicted octanol–water partition coefficient (Wildman–Crippen LogP) is 2.82. The largest absolute Gasteiger partial charge is 0.342 e. The number of hydrogen-bond acceptors (Lipinski definition) is 4. The molecule has 4 rings (SSSR count). The van der Waals surface area contributed by atoms with Crippen LogP contribution in [0.3, 0.4) is 0 Å². The number of piperidine rings is 1. The van der Waals surface area contributed by atoms with Gasteiger partial charge < -0.3 is 10.6 Å². The van der Waals surface area contributed by atoms with Crippen molar-refractivity contribution in [3.05, 3.63) is 51.4 Å². The second kappa shape index (κ2) is 7.46. The summed E-state index contributed by atoms with van der Waals surface area (Å²) < 4.78 is 14.2. The molecule has 2 aliphatic rings. The molecule has 1 saturated carbocycles. The molecule has 2 aromatic rings. The van der Waals surface area contributed by atoms with Crippen molar-refractivity contribution in [2.75, 3.05) is 18.0 Å². The number of aromatic nitrogens is 2. The average molecular weight is 377 g/mol. The molecule has 1 saturated heterocycles. The zero-order valence-corrected chi connectivity index (χ0v) is 15.3. The second-order valence-electron chi connectivity index (χ2n) is 7.26. The Morgan fingerprint density at radius 2 is 2.04 bits per heavy atom. The van der Waals surface area contributed by atoms with Gasteiger partial charge in [-0.1, -0.05) is 24.0 Å². The molecule has 2 heterocycles. The third kappa shape index (κ3) is 3.76. The Morgan fingerprint density at radius 1 is 1.29 bits per heavy atom. The molecule has 0 radical (unpaired) electrons. The van der Waals surface area contributed by atoms with E-state index in [4.69, 9.17) is 12.3 Å². The van der Waals surface area contributed by atoms with Gasteiger partial charge in [0.1, 0.15) is 11.4 Å². The van der Waals surface area contributed by atoms with Crippen LogP contribution in [0.2, 0.25) is 0 Å². The number of hydrogen-bond donors (Lipinski definition) is 2. The fraction of sp³-hybridized carbons (Fsp3) is 0.381. The molecule has 1 aliphatic heterocycles. The van der Waals surface area contributed by atoms with E-state index >= 15 is 0 Å². The van der Waals surface area contributed by atoms with Crippen LogP contribution in [-0.2, 0) is 0 Å². The number of H-pyrrole nitrogens is 1. The minimum atomic E-state index is -0.638. The molecule has 2 fully saturated rings. The molecular weight excluding hydrogens is 357 g/mol. The van der Waals surface area contributed by atoms with Crippen molar-refractivity contribution >= 4 is 11.6 Å². The van der Waals surface area contributed by atoms with E-state index in [1.54, 1.807) is 6.07 Å². The van der Waals surface area contributed by atoms with E-state index < -0.39 is 5.82 Å². The summed E-state index contributed by atoms with van der Waals surface area (Å²) in [6.45, 7) is 8.41. The molecule has 3 N–H and O–H groups in total. The monoisotopic (exact) mass is 377 g/mol. The highest BCUT2D eigenvalue weighted by molar-refractivity contribution is 5.70. The van der Waals surface area contributed by atoms with E-state index in [-0.39, 0.29) is 22.9 Å². The summed E-state index contributed by atoms with van der Waals surface area (Å²) in [6, 6.07) is 4.41. The van der Waals surface area contributed by atoms with Crippen LogP contribution in [0.1, 0.15) is 31.2 Å². The van der Waals surface area contributed by atoms with Gasteiger partial charge in [0.25, 0.3) is 5.56 Å². The molecule has 1 aliphatic carbocycles. The van der Waals surface area contributed by atoms with E-state index in [9.17, 15) is 9.18 Å². The van der Waals surface area contributed by atoms with Gasteiger partial charge in [-0.3, -0.25) is 9.78 Å². The van der Waals surface area contributed by atoms with Crippen LogP contribution in [0.5, 0.6) is 0 Å². The maximum absolute atomic E-state index is 14.2. The minimum absolute atomic E-state index is 0.0653. The van der Waals surface area contributed by atoms with Crippen LogP contribution in [0.15, 0.2) is 23.0 Å². The predicted molar refractivity (Wildman–Crippen MR) is 106 cm³/mol. The first-order valence-corrected chi connectivity index (χ1v) is 9.39. The minimum Gasteiger partial charge on any atom is -0.342 e. The van der Waals surface area contributed by atoms with Crippen LogP contribution in [-0.4, -0.2) is 29.1 Å². The summed E-state index contributed by atoms with van der Waals surface area (Å²) in [7, 11) is 0. The molecule has 0 unspecified atom stereocenters. The molecule has 1 aromatic carbocycles. The molecule has 6 nitrogen and oxygen atoms in total. The zero-order chi connectivity index (χ0) is 19.7. The van der Waals surface area contributed by atoms with E-state index in [2.05, 4.69) is 26.7 Å². The standard InChI is InChI=1S/C21H20FN5O/c1-24-18-7-5-14(12-17(18)22)19-16(6-4-13-2-3-13)20(28)26-21(25-19)27-10-8-15(23)9-11-27/h5,7,12-13,15H,2-3,8-11,23H2,(H,25,26,28). The number of aromatic amines is 1. The van der Waals surface area contributed by atoms with Gasteiger partial charge in [0.15, 0.2) is 0 Å². The fourth-order valence-corrected chi connectivity index (χ4v) is 3.19. The summed E-state index contributed by atoms with van der Waals surface area (Å²) in [6.07, 6.45) is 3.70. The molecule has 142 valence electrons. The lowest BCUT2D eigenvalue weighted by Gasteiger charge is -2.30. The van der Waals surface area contributed by atoms with Gasteiger partial charge in [-0.05, 0) is 31.7 Å². The average Bonchev–Trinajstić information content (AvgIpc) is 3.51. The van der Waals surface area contributed by atoms with Gasteiger partial charge in [-0.25, -0.2) is 14.2 Å². The number of nitrogens with two attached hydrogens (primary N) is 1. The lowest BCUT2D eigenvalue weighted by molar-refractivity contribution is 0.495. The summed E-state index contributed by atoms with van der Waals surface area (Å²) in [5.41, 5.74) is 6.58. The smallest absolute Gasteiger partial charge is 0.268 e. The highest BCUT2D eigenvalue weighted by Gasteiger charge is 2.22. The molecule has 0 atom stereocenters. The van der Waals surface area contributed by atoms with E-state index in [1.165, 1.54) is 12.1 Å². The van der Waals surface area contributed by atoms with Crippen molar-refractivity contribution in [1.29, 1.82) is 0 Å². The second-order valence-corrected chi connectivity index (χ2v) is 7.26. The van der Waals surface area contributed by atoms with Crippen LogP contribution < -0.4 is 16.2 Å². The molecule has 28 heavy (non-hydrogen) atoms. The first kappa shape index (κ1) is 18.2. The van der Waals surface area contributed by atoms with Crippen LogP contribution in [0, 0.1) is 30.1 Å². The lowest BCUT2D eigenvalue weighted by Crippen LogP contribution is -2.41. The normalized spacial score (nSPS) is 17.0. The summed E-state index contributed by atoms with van der Waals surface area (Å²) in [5.74, 6) is 6.15. The van der Waals surface area contributed by atoms with Crippen molar-refractivity contribution in [3.8, 4) is 23.1 Å². The molecule has 0 spiro atoms. The number of nitrogens with zero attached hydrogens (tertiary/aromatic N) is 3. The number of rotatable bonds is 2. The van der Waals surface area contributed by atoms with Crippen LogP contribution in [0.25, 0.3) is 16.1 Å². The molecule has 0 amide bonds. The van der Waals surface area contributed by atoms with Crippen molar-refractivity contribution < 1.29 is 4.39 Å². The van der Waals surface area contributed by atoms with Gasteiger partial charge in [0.2, 0.25) is 11.6 Å². The van der Waals surface area contributed by atoms with Gasteiger partial charge in [0.05, 0.1) is 12.3 Å². The summed E-state index contributed by atoms with van der Waals surface area (Å²) in [4.78, 5) is 25.4. The fourth-order valence-electron chi connectivity index (χ4n) is 3.19. The van der Waals surface area contributed by atoms with Crippen molar-refractivity contribution in [2.45, 2.75) is 31.7 Å². The Bertz CT molecular complexity index is 1060. The van der Waals surface area contributed by atoms with Gasteiger partial charge in [0, 0.05) is 30.6 Å². The summed E-state index contributed by atoms with van der Waals surface area (Å²) >= 11 is 0. The first-order valence-electron chi connectivity index (χ1n) is 9.39. The number of benzene rings is 1. The topological polar surface area (TPSA) is 79.4 Å². The Labute approximate surface area is 162 Å². The molecule has 7 heteroatoms. The van der Waals surface area contributed by atoms with Crippen LogP contribution in [0.4, 0.5) is 16.0 Å². The van der Waals surface area contributed by atoms with Gasteiger partial charge in [-0.2, -0.15) is 0 Å². The Hall–Kier alpha value is -3.16. The van der Waals surface area contributed by atoms with Gasteiger partial charge >= 0.3 is 0 Å². The van der Waals surface area contributed by atoms with Gasteiger partial charge in [-0.15, -0.1) is 0 Å². The Kier molecular flexibility index (Phi) is 4.85. The Balaban J connectivity index is 1.81. The number of halogens is 1. The van der Waals surface area contributed by atoms with Crippen molar-refractivity contribution in [1.82, 2.24) is 9.97 Å². The Morgan fingerprint density at radius 3 is 2.68 bits per heavy atom. The van der Waals surface area contributed by atoms with E-state index in [1.807, 2.05) is 4.90 Å². The molecule has 1 aromatic heterocycles. The van der Waals surface area contributed by atoms with Crippen molar-refractivity contribution in [3.63, 3.8) is 0 Å². The highest BCUT2D eigenvalue weighted by Crippen LogP contribution is 2.29. The van der Waals surface area contributed by atoms with E-state index in [0.29, 0.717) is 36.2 Å². The first-order chi connectivity index (χ1) is 13.5. The quantitative estimate of drug-likeness (QED) is 0.623. The highest BCUT2D eigenvalue weighted by atomic mass is 19.1. The number of anilines is 1. The van der Waals surface area contributed by atoms with E-state index in [0.717, 1.165) is 25.7 Å². The number of nitrogens with one attached hydrogen (secondary N) is 1. The maximum Gasteiger partial charge on any atom is 0.268 e. The lowest BCUT2D eigenvalue weighted by atomic mass is 10.1. The van der Waals surface area contributed by atoms with Crippen molar-refractivity contribution in [2.24, 2.45) is 11.7 Å². The van der Waals surface area contributed by atoms with Crippen LogP contribution >= 0.6 is 0 Å². The zero-order valence-electron chi connectivity index (χ0n) is 15.3. The summed E-state index contributed by atoms with van der Waals surface area (Å²) in [5, 5.41) is 0. The third-order valence-electron chi connectivity index (χ3n) is 5.07. The third-order valence-corrected chi connectivity index (χ3v) is 5.07.